The highest BCUT2D eigenvalue weighted by Gasteiger charge is 2.44. The van der Waals surface area contributed by atoms with Crippen LogP contribution in [0.15, 0.2) is 0 Å². The molecule has 16 heavy (non-hydrogen) atoms. The van der Waals surface area contributed by atoms with Gasteiger partial charge in [-0.05, 0) is 51.7 Å². The monoisotopic (exact) mass is 224 g/mol. The fourth-order valence-corrected chi connectivity index (χ4v) is 4.14. The molecule has 2 saturated heterocycles. The topological polar surface area (TPSA) is 26.7 Å². The van der Waals surface area contributed by atoms with Gasteiger partial charge in [0.1, 0.15) is 0 Å². The van der Waals surface area contributed by atoms with Crippen LogP contribution in [0.5, 0.6) is 0 Å². The van der Waals surface area contributed by atoms with Crippen molar-refractivity contribution < 1.29 is 5.11 Å². The van der Waals surface area contributed by atoms with Crippen molar-refractivity contribution in [2.24, 2.45) is 11.8 Å². The first-order valence-electron chi connectivity index (χ1n) is 6.86. The minimum atomic E-state index is -0.0319. The number of hydrogen-bond acceptors (Lipinski definition) is 3. The highest BCUT2D eigenvalue weighted by atomic mass is 16.3. The summed E-state index contributed by atoms with van der Waals surface area (Å²) in [5.41, 5.74) is 0. The average Bonchev–Trinajstić information content (AvgIpc) is 2.74. The zero-order valence-corrected chi connectivity index (χ0v) is 10.3. The van der Waals surface area contributed by atoms with E-state index in [1.54, 1.807) is 0 Å². The standard InChI is InChI=1S/C13H24N2O/c1-14-8-10-4-5-12(11(9-14)13(10)16)15-6-2-3-7-15/h10-13,16H,2-9H2,1H3/t10-,11-,12+,13-/m1/s1. The summed E-state index contributed by atoms with van der Waals surface area (Å²) < 4.78 is 0. The zero-order chi connectivity index (χ0) is 11.1. The molecule has 2 aliphatic heterocycles. The Morgan fingerprint density at radius 1 is 1.06 bits per heavy atom. The van der Waals surface area contributed by atoms with Crippen LogP contribution in [-0.2, 0) is 0 Å². The Labute approximate surface area is 98.4 Å². The van der Waals surface area contributed by atoms with Gasteiger partial charge in [-0.2, -0.15) is 0 Å². The number of aliphatic hydroxyl groups excluding tert-OH is 1. The molecule has 0 aromatic heterocycles. The van der Waals surface area contributed by atoms with Crippen molar-refractivity contribution in [3.8, 4) is 0 Å². The lowest BCUT2D eigenvalue weighted by Gasteiger charge is -2.50. The molecule has 1 aliphatic carbocycles. The van der Waals surface area contributed by atoms with Crippen LogP contribution in [0.25, 0.3) is 0 Å². The van der Waals surface area contributed by atoms with Crippen molar-refractivity contribution >= 4 is 0 Å². The van der Waals surface area contributed by atoms with Crippen LogP contribution >= 0.6 is 0 Å². The summed E-state index contributed by atoms with van der Waals surface area (Å²) in [6.07, 6.45) is 5.23. The first-order chi connectivity index (χ1) is 7.75. The third kappa shape index (κ3) is 1.79. The lowest BCUT2D eigenvalue weighted by molar-refractivity contribution is -0.0800. The maximum absolute atomic E-state index is 10.4. The van der Waals surface area contributed by atoms with Crippen LogP contribution in [0.1, 0.15) is 25.7 Å². The van der Waals surface area contributed by atoms with E-state index in [2.05, 4.69) is 16.8 Å². The molecule has 0 unspecified atom stereocenters. The van der Waals surface area contributed by atoms with Gasteiger partial charge in [0.05, 0.1) is 6.10 Å². The molecule has 0 aromatic carbocycles. The Balaban J connectivity index is 1.74. The molecular formula is C13H24N2O. The van der Waals surface area contributed by atoms with Crippen molar-refractivity contribution in [2.75, 3.05) is 33.2 Å². The molecule has 1 N–H and O–H groups in total. The van der Waals surface area contributed by atoms with Gasteiger partial charge in [-0.3, -0.25) is 4.90 Å². The van der Waals surface area contributed by atoms with Gasteiger partial charge in [0.2, 0.25) is 0 Å². The van der Waals surface area contributed by atoms with Gasteiger partial charge in [0.15, 0.2) is 0 Å². The van der Waals surface area contributed by atoms with E-state index >= 15 is 0 Å². The third-order valence-electron chi connectivity index (χ3n) is 4.93. The maximum Gasteiger partial charge on any atom is 0.0635 e. The molecule has 2 heterocycles. The molecule has 3 heteroatoms. The second-order valence-electron chi connectivity index (χ2n) is 6.02. The van der Waals surface area contributed by atoms with Crippen molar-refractivity contribution in [3.05, 3.63) is 0 Å². The Bertz CT molecular complexity index is 250. The molecule has 0 amide bonds. The summed E-state index contributed by atoms with van der Waals surface area (Å²) in [5, 5.41) is 10.4. The molecule has 3 aliphatic rings. The largest absolute Gasteiger partial charge is 0.392 e. The zero-order valence-electron chi connectivity index (χ0n) is 10.3. The molecule has 0 aromatic rings. The van der Waals surface area contributed by atoms with Crippen molar-refractivity contribution in [2.45, 2.75) is 37.8 Å². The third-order valence-corrected chi connectivity index (χ3v) is 4.93. The Morgan fingerprint density at radius 3 is 2.56 bits per heavy atom. The van der Waals surface area contributed by atoms with Crippen LogP contribution in [0, 0.1) is 11.8 Å². The van der Waals surface area contributed by atoms with E-state index in [0.717, 1.165) is 13.1 Å². The molecule has 3 nitrogen and oxygen atoms in total. The summed E-state index contributed by atoms with van der Waals surface area (Å²) in [6, 6.07) is 0.663. The first kappa shape index (κ1) is 11.0. The van der Waals surface area contributed by atoms with E-state index in [4.69, 9.17) is 0 Å². The van der Waals surface area contributed by atoms with E-state index < -0.39 is 0 Å². The summed E-state index contributed by atoms with van der Waals surface area (Å²) in [5.74, 6) is 1.05. The lowest BCUT2D eigenvalue weighted by Crippen LogP contribution is -2.58. The number of nitrogens with zero attached hydrogens (tertiary/aromatic N) is 2. The quantitative estimate of drug-likeness (QED) is 0.713. The summed E-state index contributed by atoms with van der Waals surface area (Å²) >= 11 is 0. The van der Waals surface area contributed by atoms with Crippen LogP contribution in [0.4, 0.5) is 0 Å². The van der Waals surface area contributed by atoms with E-state index in [0.29, 0.717) is 17.9 Å². The number of piperidine rings is 1. The Kier molecular flexibility index (Phi) is 2.94. The predicted octanol–water partition coefficient (Wildman–Crippen LogP) is 0.783. The molecule has 2 bridgehead atoms. The van der Waals surface area contributed by atoms with Gasteiger partial charge in [0, 0.05) is 25.0 Å². The number of hydrogen-bond donors (Lipinski definition) is 1. The van der Waals surface area contributed by atoms with E-state index in [9.17, 15) is 5.11 Å². The number of fused-ring (bicyclic) bond motifs is 2. The molecule has 1 saturated carbocycles. The maximum atomic E-state index is 10.4. The fourth-order valence-electron chi connectivity index (χ4n) is 4.14. The highest BCUT2D eigenvalue weighted by Crippen LogP contribution is 2.38. The minimum Gasteiger partial charge on any atom is -0.392 e. The molecule has 0 spiro atoms. The first-order valence-corrected chi connectivity index (χ1v) is 6.86. The van der Waals surface area contributed by atoms with Gasteiger partial charge in [-0.25, -0.2) is 0 Å². The second kappa shape index (κ2) is 4.28. The average molecular weight is 224 g/mol. The van der Waals surface area contributed by atoms with Crippen LogP contribution in [0.3, 0.4) is 0 Å². The normalized spacial score (nSPS) is 46.1. The molecule has 3 fully saturated rings. The van der Waals surface area contributed by atoms with Crippen molar-refractivity contribution in [1.82, 2.24) is 9.80 Å². The summed E-state index contributed by atoms with van der Waals surface area (Å²) in [4.78, 5) is 5.06. The molecule has 0 radical (unpaired) electrons. The number of aliphatic hydroxyl groups is 1. The van der Waals surface area contributed by atoms with Gasteiger partial charge < -0.3 is 10.0 Å². The van der Waals surface area contributed by atoms with Gasteiger partial charge in [-0.1, -0.05) is 0 Å². The van der Waals surface area contributed by atoms with Gasteiger partial charge >= 0.3 is 0 Å². The van der Waals surface area contributed by atoms with Crippen molar-refractivity contribution in [3.63, 3.8) is 0 Å². The van der Waals surface area contributed by atoms with E-state index in [1.165, 1.54) is 38.8 Å². The lowest BCUT2D eigenvalue weighted by atomic mass is 9.72. The number of rotatable bonds is 1. The van der Waals surface area contributed by atoms with Crippen LogP contribution in [-0.4, -0.2) is 60.3 Å². The van der Waals surface area contributed by atoms with Crippen molar-refractivity contribution in [1.29, 1.82) is 0 Å². The second-order valence-corrected chi connectivity index (χ2v) is 6.02. The Hall–Kier alpha value is -0.120. The summed E-state index contributed by atoms with van der Waals surface area (Å²) in [7, 11) is 2.21. The Morgan fingerprint density at radius 2 is 1.81 bits per heavy atom. The summed E-state index contributed by atoms with van der Waals surface area (Å²) in [6.45, 7) is 4.73. The SMILES string of the molecule is CN1C[C@H]2CC[C@H](N3CCCC3)[C@@H](C1)[C@@H]2O. The fraction of sp³-hybridized carbons (Fsp3) is 1.00. The predicted molar refractivity (Wildman–Crippen MR) is 64.3 cm³/mol. The van der Waals surface area contributed by atoms with E-state index in [1.807, 2.05) is 0 Å². The van der Waals surface area contributed by atoms with Crippen LogP contribution in [0.2, 0.25) is 0 Å². The molecule has 3 rings (SSSR count). The minimum absolute atomic E-state index is 0.0319. The van der Waals surface area contributed by atoms with Gasteiger partial charge in [0.25, 0.3) is 0 Å². The highest BCUT2D eigenvalue weighted by molar-refractivity contribution is 4.98. The molecule has 92 valence electrons. The van der Waals surface area contributed by atoms with Crippen LogP contribution < -0.4 is 0 Å². The molecule has 4 atom stereocenters. The van der Waals surface area contributed by atoms with E-state index in [-0.39, 0.29) is 6.10 Å². The number of likely N-dealkylation sites (tertiary alicyclic amines) is 2. The molecular weight excluding hydrogens is 200 g/mol. The smallest absolute Gasteiger partial charge is 0.0635 e. The van der Waals surface area contributed by atoms with Gasteiger partial charge in [-0.15, -0.1) is 0 Å².